The molecule has 174 valence electrons. The fourth-order valence-corrected chi connectivity index (χ4v) is 10.6. The molecule has 0 saturated heterocycles. The smallest absolute Gasteiger partial charge is 0.398 e. The molecule has 0 saturated carbocycles. The van der Waals surface area contributed by atoms with Gasteiger partial charge in [-0.2, -0.15) is 13.1 Å². The number of rotatable bonds is 12. The van der Waals surface area contributed by atoms with Gasteiger partial charge in [0.2, 0.25) is 0 Å². The predicted molar refractivity (Wildman–Crippen MR) is 122 cm³/mol. The standard InChI is InChI=1S/C19H30N2O7S2Si/c1-5-19(31(26-6-2,27-7-3)28-8-4)21-30(24,25)29(22,23)18-14-13-17(20)15-11-9-10-12-16(15)18/h9-14,19,21H,5-8,20H2,1-4H3. The van der Waals surface area contributed by atoms with E-state index < -0.39 is 32.4 Å². The van der Waals surface area contributed by atoms with E-state index in [-0.39, 0.29) is 36.5 Å². The van der Waals surface area contributed by atoms with Crippen LogP contribution >= 0.6 is 0 Å². The van der Waals surface area contributed by atoms with Crippen LogP contribution in [-0.2, 0) is 31.2 Å². The van der Waals surface area contributed by atoms with Crippen LogP contribution in [0.15, 0.2) is 41.3 Å². The van der Waals surface area contributed by atoms with Crippen LogP contribution < -0.4 is 10.5 Å². The normalized spacial score (nSPS) is 14.1. The van der Waals surface area contributed by atoms with Crippen LogP contribution in [0.3, 0.4) is 0 Å². The first-order chi connectivity index (χ1) is 14.6. The minimum absolute atomic E-state index is 0.212. The average Bonchev–Trinajstić information content (AvgIpc) is 2.72. The first-order valence-corrected chi connectivity index (χ1v) is 15.3. The molecule has 2 aromatic rings. The summed E-state index contributed by atoms with van der Waals surface area (Å²) in [6, 6.07) is 9.04. The van der Waals surface area contributed by atoms with E-state index in [0.717, 1.165) is 0 Å². The Morgan fingerprint density at radius 3 is 1.87 bits per heavy atom. The first-order valence-electron chi connectivity index (χ1n) is 10.1. The lowest BCUT2D eigenvalue weighted by atomic mass is 10.1. The summed E-state index contributed by atoms with van der Waals surface area (Å²) in [6.45, 7) is 7.57. The highest BCUT2D eigenvalue weighted by Crippen LogP contribution is 2.31. The number of benzene rings is 2. The molecule has 12 heteroatoms. The molecule has 0 radical (unpaired) electrons. The second-order valence-electron chi connectivity index (χ2n) is 6.59. The molecule has 0 aliphatic carbocycles. The fourth-order valence-electron chi connectivity index (χ4n) is 3.30. The highest BCUT2D eigenvalue weighted by Gasteiger charge is 2.52. The molecule has 0 amide bonds. The van der Waals surface area contributed by atoms with Gasteiger partial charge >= 0.3 is 17.9 Å². The lowest BCUT2D eigenvalue weighted by molar-refractivity contribution is 0.0600. The minimum atomic E-state index is -4.89. The Balaban J connectivity index is 2.56. The first kappa shape index (κ1) is 25.7. The summed E-state index contributed by atoms with van der Waals surface area (Å²) in [4.78, 5) is -0.351. The summed E-state index contributed by atoms with van der Waals surface area (Å²) in [6.07, 6.45) is 0.212. The van der Waals surface area contributed by atoms with Crippen molar-refractivity contribution in [3.05, 3.63) is 36.4 Å². The molecule has 0 bridgehead atoms. The van der Waals surface area contributed by atoms with Gasteiger partial charge in [0.1, 0.15) is 0 Å². The lowest BCUT2D eigenvalue weighted by Crippen LogP contribution is -2.63. The largest absolute Gasteiger partial charge is 0.519 e. The maximum Gasteiger partial charge on any atom is 0.519 e. The summed E-state index contributed by atoms with van der Waals surface area (Å²) in [7, 11) is -13.3. The van der Waals surface area contributed by atoms with E-state index in [1.54, 1.807) is 45.9 Å². The van der Waals surface area contributed by atoms with Crippen molar-refractivity contribution in [3.63, 3.8) is 0 Å². The zero-order valence-electron chi connectivity index (χ0n) is 18.1. The van der Waals surface area contributed by atoms with Gasteiger partial charge in [-0.1, -0.05) is 31.2 Å². The summed E-state index contributed by atoms with van der Waals surface area (Å²) in [5.41, 5.74) is 5.30. The van der Waals surface area contributed by atoms with Gasteiger partial charge < -0.3 is 19.0 Å². The summed E-state index contributed by atoms with van der Waals surface area (Å²) in [5.74, 6) is 0. The number of hydrogen-bond donors (Lipinski definition) is 2. The quantitative estimate of drug-likeness (QED) is 0.263. The Morgan fingerprint density at radius 1 is 0.871 bits per heavy atom. The number of nitrogens with two attached hydrogens (primary N) is 1. The van der Waals surface area contributed by atoms with Gasteiger partial charge in [0.25, 0.3) is 8.87 Å². The van der Waals surface area contributed by atoms with E-state index in [1.807, 2.05) is 0 Å². The van der Waals surface area contributed by atoms with Crippen LogP contribution in [0.5, 0.6) is 0 Å². The Morgan fingerprint density at radius 2 is 1.39 bits per heavy atom. The van der Waals surface area contributed by atoms with Gasteiger partial charge in [-0.05, 0) is 39.3 Å². The van der Waals surface area contributed by atoms with Gasteiger partial charge in [0.15, 0.2) is 0 Å². The number of nitrogen functional groups attached to an aromatic ring is 1. The minimum Gasteiger partial charge on any atom is -0.398 e. The second kappa shape index (κ2) is 10.4. The molecule has 0 aliphatic rings. The van der Waals surface area contributed by atoms with E-state index in [1.165, 1.54) is 18.2 Å². The maximum atomic E-state index is 13.2. The molecule has 0 aromatic heterocycles. The van der Waals surface area contributed by atoms with Gasteiger partial charge in [-0.3, -0.25) is 0 Å². The molecule has 2 rings (SSSR count). The highest BCUT2D eigenvalue weighted by molar-refractivity contribution is 8.66. The third kappa shape index (κ3) is 5.11. The molecule has 2 aromatic carbocycles. The van der Waals surface area contributed by atoms with Gasteiger partial charge in [0, 0.05) is 36.3 Å². The Bertz CT molecular complexity index is 1090. The van der Waals surface area contributed by atoms with Crippen molar-refractivity contribution in [2.45, 2.75) is 44.7 Å². The highest BCUT2D eigenvalue weighted by atomic mass is 33.2. The maximum absolute atomic E-state index is 13.2. The molecule has 31 heavy (non-hydrogen) atoms. The van der Waals surface area contributed by atoms with Gasteiger partial charge in [0.05, 0.1) is 10.6 Å². The molecular formula is C19H30N2O7S2Si. The van der Waals surface area contributed by atoms with E-state index >= 15 is 0 Å². The van der Waals surface area contributed by atoms with Gasteiger partial charge in [-0.25, -0.2) is 8.42 Å². The topological polar surface area (TPSA) is 134 Å². The number of hydrogen-bond acceptors (Lipinski definition) is 8. The van der Waals surface area contributed by atoms with E-state index in [0.29, 0.717) is 11.1 Å². The Hall–Kier alpha value is -1.54. The summed E-state index contributed by atoms with van der Waals surface area (Å²) >= 11 is 0. The van der Waals surface area contributed by atoms with Crippen molar-refractivity contribution in [1.29, 1.82) is 0 Å². The molecule has 1 unspecified atom stereocenters. The monoisotopic (exact) mass is 490 g/mol. The number of nitrogens with one attached hydrogen (secondary N) is 1. The number of fused-ring (bicyclic) bond motifs is 1. The molecular weight excluding hydrogens is 460 g/mol. The van der Waals surface area contributed by atoms with Crippen LogP contribution in [0, 0.1) is 0 Å². The van der Waals surface area contributed by atoms with Crippen molar-refractivity contribution >= 4 is 43.2 Å². The molecule has 0 aliphatic heterocycles. The van der Waals surface area contributed by atoms with Crippen LogP contribution in [0.4, 0.5) is 5.69 Å². The molecule has 0 fully saturated rings. The van der Waals surface area contributed by atoms with E-state index in [4.69, 9.17) is 19.0 Å². The van der Waals surface area contributed by atoms with E-state index in [9.17, 15) is 16.8 Å². The molecule has 9 nitrogen and oxygen atoms in total. The Labute approximate surface area is 184 Å². The molecule has 3 N–H and O–H groups in total. The molecule has 0 spiro atoms. The molecule has 0 heterocycles. The third-order valence-electron chi connectivity index (χ3n) is 4.63. The SMILES string of the molecule is CCO[Si](OCC)(OCC)C(CC)NS(=O)(=O)S(=O)(=O)c1ccc(N)c2ccccc12. The van der Waals surface area contributed by atoms with Crippen molar-refractivity contribution in [3.8, 4) is 0 Å². The summed E-state index contributed by atoms with van der Waals surface area (Å²) in [5, 5.41) is 0.677. The van der Waals surface area contributed by atoms with Crippen molar-refractivity contribution < 1.29 is 30.1 Å². The average molecular weight is 491 g/mol. The van der Waals surface area contributed by atoms with Crippen molar-refractivity contribution in [2.24, 2.45) is 0 Å². The van der Waals surface area contributed by atoms with Crippen LogP contribution in [0.2, 0.25) is 0 Å². The molecule has 1 atom stereocenters. The summed E-state index contributed by atoms with van der Waals surface area (Å²) < 4.78 is 72.3. The third-order valence-corrected chi connectivity index (χ3v) is 12.9. The van der Waals surface area contributed by atoms with Crippen molar-refractivity contribution in [2.75, 3.05) is 25.6 Å². The van der Waals surface area contributed by atoms with E-state index in [2.05, 4.69) is 4.72 Å². The number of anilines is 1. The van der Waals surface area contributed by atoms with Gasteiger partial charge in [-0.15, -0.1) is 0 Å². The van der Waals surface area contributed by atoms with Crippen LogP contribution in [0.1, 0.15) is 34.1 Å². The van der Waals surface area contributed by atoms with Crippen LogP contribution in [-0.4, -0.2) is 51.1 Å². The van der Waals surface area contributed by atoms with Crippen LogP contribution in [0.25, 0.3) is 10.8 Å². The zero-order valence-corrected chi connectivity index (χ0v) is 20.8. The predicted octanol–water partition coefficient (Wildman–Crippen LogP) is 2.40. The fraction of sp³-hybridized carbons (Fsp3) is 0.474. The Kier molecular flexibility index (Phi) is 8.61. The second-order valence-corrected chi connectivity index (χ2v) is 14.5. The zero-order chi connectivity index (χ0) is 23.3. The van der Waals surface area contributed by atoms with Crippen molar-refractivity contribution in [1.82, 2.24) is 4.72 Å². The lowest BCUT2D eigenvalue weighted by Gasteiger charge is -2.34.